The van der Waals surface area contributed by atoms with E-state index < -0.39 is 0 Å². The molecule has 76 valence electrons. The van der Waals surface area contributed by atoms with Crippen molar-refractivity contribution in [2.24, 2.45) is 16.8 Å². The highest BCUT2D eigenvalue weighted by molar-refractivity contribution is 5.80. The van der Waals surface area contributed by atoms with Gasteiger partial charge in [0, 0.05) is 6.61 Å². The number of ether oxygens (including phenoxy) is 1. The zero-order chi connectivity index (χ0) is 9.52. The summed E-state index contributed by atoms with van der Waals surface area (Å²) in [6, 6.07) is 0. The molecule has 0 amide bonds. The quantitative estimate of drug-likeness (QED) is 0.301. The summed E-state index contributed by atoms with van der Waals surface area (Å²) >= 11 is 0. The maximum absolute atomic E-state index is 8.25. The molecule has 0 heterocycles. The van der Waals surface area contributed by atoms with E-state index in [4.69, 9.17) is 15.7 Å². The predicted octanol–water partition coefficient (Wildman–Crippen LogP) is 1.33. The van der Waals surface area contributed by atoms with E-state index in [0.717, 1.165) is 6.61 Å². The van der Waals surface area contributed by atoms with Gasteiger partial charge in [-0.1, -0.05) is 24.4 Å². The average molecular weight is 186 g/mol. The number of nitrogens with zero attached hydrogens (tertiary/aromatic N) is 1. The largest absolute Gasteiger partial charge is 0.409 e. The Hall–Kier alpha value is -0.770. The summed E-state index contributed by atoms with van der Waals surface area (Å²) < 4.78 is 5.31. The maximum Gasteiger partial charge on any atom is 0.165 e. The molecule has 1 fully saturated rings. The fourth-order valence-corrected chi connectivity index (χ4v) is 1.71. The molecule has 0 aromatic heterocycles. The van der Waals surface area contributed by atoms with Crippen LogP contribution in [0, 0.1) is 5.92 Å². The molecule has 0 bridgehead atoms. The Morgan fingerprint density at radius 2 is 2.08 bits per heavy atom. The molecular formula is C9H18N2O2. The first-order valence-electron chi connectivity index (χ1n) is 4.87. The summed E-state index contributed by atoms with van der Waals surface area (Å²) in [4.78, 5) is 0. The number of hydrogen-bond donors (Lipinski definition) is 2. The number of amidine groups is 1. The van der Waals surface area contributed by atoms with Crippen molar-refractivity contribution in [1.29, 1.82) is 0 Å². The standard InChI is InChI=1S/C9H18N2O2/c10-9(11-12)7-13-6-8-4-2-1-3-5-8/h8,12H,1-7H2,(H2,10,11). The highest BCUT2D eigenvalue weighted by atomic mass is 16.5. The summed E-state index contributed by atoms with van der Waals surface area (Å²) in [5, 5.41) is 11.1. The van der Waals surface area contributed by atoms with E-state index in [1.807, 2.05) is 0 Å². The summed E-state index contributed by atoms with van der Waals surface area (Å²) in [5.74, 6) is 0.830. The van der Waals surface area contributed by atoms with Gasteiger partial charge in [0.2, 0.25) is 0 Å². The number of rotatable bonds is 4. The molecule has 0 saturated heterocycles. The van der Waals surface area contributed by atoms with Crippen LogP contribution in [0.1, 0.15) is 32.1 Å². The van der Waals surface area contributed by atoms with Crippen LogP contribution in [-0.4, -0.2) is 24.3 Å². The van der Waals surface area contributed by atoms with Gasteiger partial charge in [-0.05, 0) is 18.8 Å². The molecule has 1 rings (SSSR count). The minimum absolute atomic E-state index is 0.149. The van der Waals surface area contributed by atoms with E-state index in [0.29, 0.717) is 5.92 Å². The molecule has 4 nitrogen and oxygen atoms in total. The van der Waals surface area contributed by atoms with E-state index >= 15 is 0 Å². The van der Waals surface area contributed by atoms with Crippen LogP contribution in [0.15, 0.2) is 5.16 Å². The summed E-state index contributed by atoms with van der Waals surface area (Å²) in [6.45, 7) is 0.989. The number of nitrogens with two attached hydrogens (primary N) is 1. The van der Waals surface area contributed by atoms with Gasteiger partial charge < -0.3 is 15.7 Å². The number of hydrogen-bond acceptors (Lipinski definition) is 3. The maximum atomic E-state index is 8.25. The van der Waals surface area contributed by atoms with Crippen LogP contribution in [0.3, 0.4) is 0 Å². The van der Waals surface area contributed by atoms with Crippen molar-refractivity contribution in [2.75, 3.05) is 13.2 Å². The minimum atomic E-state index is 0.149. The van der Waals surface area contributed by atoms with Gasteiger partial charge >= 0.3 is 0 Å². The predicted molar refractivity (Wildman–Crippen MR) is 50.8 cm³/mol. The SMILES string of the molecule is NC(COCC1CCCCC1)=NO. The lowest BCUT2D eigenvalue weighted by molar-refractivity contribution is 0.110. The topological polar surface area (TPSA) is 67.8 Å². The Morgan fingerprint density at radius 3 is 2.69 bits per heavy atom. The highest BCUT2D eigenvalue weighted by Crippen LogP contribution is 2.23. The van der Waals surface area contributed by atoms with E-state index in [-0.39, 0.29) is 12.4 Å². The second kappa shape index (κ2) is 5.80. The van der Waals surface area contributed by atoms with Gasteiger partial charge in [-0.3, -0.25) is 0 Å². The van der Waals surface area contributed by atoms with Crippen LogP contribution < -0.4 is 5.73 Å². The Labute approximate surface area is 78.7 Å². The molecule has 0 aromatic rings. The summed E-state index contributed by atoms with van der Waals surface area (Å²) in [6.07, 6.45) is 6.51. The summed E-state index contributed by atoms with van der Waals surface area (Å²) in [5.41, 5.74) is 5.26. The fraction of sp³-hybridized carbons (Fsp3) is 0.889. The van der Waals surface area contributed by atoms with Crippen LogP contribution in [0.5, 0.6) is 0 Å². The Morgan fingerprint density at radius 1 is 1.38 bits per heavy atom. The van der Waals surface area contributed by atoms with E-state index in [9.17, 15) is 0 Å². The van der Waals surface area contributed by atoms with E-state index in [1.165, 1.54) is 32.1 Å². The Balaban J connectivity index is 2.04. The minimum Gasteiger partial charge on any atom is -0.409 e. The van der Waals surface area contributed by atoms with Crippen molar-refractivity contribution in [3.05, 3.63) is 0 Å². The zero-order valence-corrected chi connectivity index (χ0v) is 7.91. The lowest BCUT2D eigenvalue weighted by atomic mass is 9.90. The molecule has 0 atom stereocenters. The summed E-state index contributed by atoms with van der Waals surface area (Å²) in [7, 11) is 0. The van der Waals surface area contributed by atoms with Gasteiger partial charge in [0.05, 0.1) is 0 Å². The molecule has 0 unspecified atom stereocenters. The fourth-order valence-electron chi connectivity index (χ4n) is 1.71. The molecule has 0 spiro atoms. The molecule has 3 N–H and O–H groups in total. The van der Waals surface area contributed by atoms with Crippen molar-refractivity contribution in [1.82, 2.24) is 0 Å². The van der Waals surface area contributed by atoms with E-state index in [2.05, 4.69) is 5.16 Å². The van der Waals surface area contributed by atoms with Crippen molar-refractivity contribution in [3.8, 4) is 0 Å². The smallest absolute Gasteiger partial charge is 0.165 e. The van der Waals surface area contributed by atoms with Crippen LogP contribution >= 0.6 is 0 Å². The lowest BCUT2D eigenvalue weighted by Gasteiger charge is -2.20. The van der Waals surface area contributed by atoms with Crippen molar-refractivity contribution < 1.29 is 9.94 Å². The van der Waals surface area contributed by atoms with Gasteiger partial charge in [-0.25, -0.2) is 0 Å². The first-order chi connectivity index (χ1) is 6.33. The molecule has 0 radical (unpaired) electrons. The molecule has 4 heteroatoms. The Bertz CT molecular complexity index is 165. The number of oxime groups is 1. The van der Waals surface area contributed by atoms with Crippen LogP contribution in [0.25, 0.3) is 0 Å². The first kappa shape index (κ1) is 10.3. The molecule has 0 aliphatic heterocycles. The normalized spacial score (nSPS) is 20.5. The average Bonchev–Trinajstić information content (AvgIpc) is 2.19. The van der Waals surface area contributed by atoms with Crippen molar-refractivity contribution in [2.45, 2.75) is 32.1 Å². The molecule has 1 saturated carbocycles. The highest BCUT2D eigenvalue weighted by Gasteiger charge is 2.13. The Kier molecular flexibility index (Phi) is 4.60. The molecule has 13 heavy (non-hydrogen) atoms. The van der Waals surface area contributed by atoms with E-state index in [1.54, 1.807) is 0 Å². The molecular weight excluding hydrogens is 168 g/mol. The monoisotopic (exact) mass is 186 g/mol. The van der Waals surface area contributed by atoms with Gasteiger partial charge in [0.25, 0.3) is 0 Å². The van der Waals surface area contributed by atoms with Gasteiger partial charge in [0.15, 0.2) is 5.84 Å². The van der Waals surface area contributed by atoms with Gasteiger partial charge in [-0.2, -0.15) is 0 Å². The molecule has 0 aromatic carbocycles. The second-order valence-corrected chi connectivity index (χ2v) is 3.61. The third-order valence-corrected chi connectivity index (χ3v) is 2.46. The van der Waals surface area contributed by atoms with Gasteiger partial charge in [-0.15, -0.1) is 0 Å². The third kappa shape index (κ3) is 4.12. The van der Waals surface area contributed by atoms with Crippen molar-refractivity contribution >= 4 is 5.84 Å². The second-order valence-electron chi connectivity index (χ2n) is 3.61. The lowest BCUT2D eigenvalue weighted by Crippen LogP contribution is -2.22. The zero-order valence-electron chi connectivity index (χ0n) is 7.91. The van der Waals surface area contributed by atoms with Crippen LogP contribution in [0.2, 0.25) is 0 Å². The molecule has 1 aliphatic carbocycles. The first-order valence-corrected chi connectivity index (χ1v) is 4.87. The van der Waals surface area contributed by atoms with Crippen LogP contribution in [0.4, 0.5) is 0 Å². The molecule has 1 aliphatic rings. The van der Waals surface area contributed by atoms with Gasteiger partial charge in [0.1, 0.15) is 6.61 Å². The van der Waals surface area contributed by atoms with Crippen molar-refractivity contribution in [3.63, 3.8) is 0 Å². The third-order valence-electron chi connectivity index (χ3n) is 2.46. The van der Waals surface area contributed by atoms with Crippen LogP contribution in [-0.2, 0) is 4.74 Å².